The molecule has 0 fully saturated rings. The molecular formula is C21H24N2O6. The van der Waals surface area contributed by atoms with E-state index in [1.807, 2.05) is 60.7 Å². The summed E-state index contributed by atoms with van der Waals surface area (Å²) in [5, 5.41) is 5.10. The highest BCUT2D eigenvalue weighted by Gasteiger charge is 2.16. The van der Waals surface area contributed by atoms with Gasteiger partial charge < -0.3 is 24.8 Å². The van der Waals surface area contributed by atoms with Crippen molar-refractivity contribution in [3.8, 4) is 0 Å². The summed E-state index contributed by atoms with van der Waals surface area (Å²) in [4.78, 5) is 34.9. The van der Waals surface area contributed by atoms with Crippen LogP contribution in [0.1, 0.15) is 18.1 Å². The Kier molecular flexibility index (Phi) is 9.01. The second-order valence-electron chi connectivity index (χ2n) is 6.15. The van der Waals surface area contributed by atoms with Crippen LogP contribution in [0.15, 0.2) is 60.7 Å². The van der Waals surface area contributed by atoms with E-state index in [-0.39, 0.29) is 26.4 Å². The summed E-state index contributed by atoms with van der Waals surface area (Å²) in [6.07, 6.45) is -1.34. The number of hydrogen-bond acceptors (Lipinski definition) is 6. The minimum atomic E-state index is -0.689. The van der Waals surface area contributed by atoms with Gasteiger partial charge in [-0.1, -0.05) is 60.7 Å². The van der Waals surface area contributed by atoms with Crippen LogP contribution in [-0.4, -0.2) is 37.3 Å². The molecule has 154 valence electrons. The van der Waals surface area contributed by atoms with Gasteiger partial charge in [-0.25, -0.2) is 9.59 Å². The fraction of sp³-hybridized carbons (Fsp3) is 0.286. The number of ether oxygens (including phenoxy) is 3. The number of carbonyl (C=O) groups is 3. The maximum absolute atomic E-state index is 12.0. The summed E-state index contributed by atoms with van der Waals surface area (Å²) in [7, 11) is 0. The second-order valence-corrected chi connectivity index (χ2v) is 6.15. The van der Waals surface area contributed by atoms with Gasteiger partial charge in [-0.05, 0) is 11.1 Å². The van der Waals surface area contributed by atoms with Crippen molar-refractivity contribution >= 4 is 18.2 Å². The molecule has 0 aromatic heterocycles. The van der Waals surface area contributed by atoms with Crippen molar-refractivity contribution in [3.63, 3.8) is 0 Å². The van der Waals surface area contributed by atoms with Crippen molar-refractivity contribution in [1.82, 2.24) is 10.6 Å². The summed E-state index contributed by atoms with van der Waals surface area (Å²) in [5.41, 5.74) is 1.68. The van der Waals surface area contributed by atoms with Crippen molar-refractivity contribution in [2.24, 2.45) is 0 Å². The van der Waals surface area contributed by atoms with Crippen LogP contribution >= 0.6 is 0 Å². The van der Waals surface area contributed by atoms with Crippen LogP contribution in [0, 0.1) is 0 Å². The third-order valence-corrected chi connectivity index (χ3v) is 3.73. The number of esters is 1. The number of hydrogen-bond donors (Lipinski definition) is 2. The highest BCUT2D eigenvalue weighted by Crippen LogP contribution is 2.02. The van der Waals surface area contributed by atoms with Crippen molar-refractivity contribution in [1.29, 1.82) is 0 Å². The van der Waals surface area contributed by atoms with Gasteiger partial charge in [-0.2, -0.15) is 0 Å². The Morgan fingerprint density at radius 3 is 1.83 bits per heavy atom. The number of nitrogens with one attached hydrogen (secondary N) is 2. The zero-order valence-electron chi connectivity index (χ0n) is 16.1. The number of rotatable bonds is 9. The van der Waals surface area contributed by atoms with Gasteiger partial charge in [-0.3, -0.25) is 4.79 Å². The van der Waals surface area contributed by atoms with Crippen LogP contribution in [0.5, 0.6) is 0 Å². The van der Waals surface area contributed by atoms with Crippen LogP contribution in [0.2, 0.25) is 0 Å². The molecular weight excluding hydrogens is 376 g/mol. The Balaban J connectivity index is 1.77. The Morgan fingerprint density at radius 1 is 0.793 bits per heavy atom. The zero-order chi connectivity index (χ0) is 20.9. The van der Waals surface area contributed by atoms with Gasteiger partial charge in [0.15, 0.2) is 0 Å². The monoisotopic (exact) mass is 400 g/mol. The molecule has 1 atom stereocenters. The standard InChI is InChI=1S/C21H24N2O6/c1-16(24)27-15-19(23-21(26)29-14-18-10-6-3-7-11-18)12-22-20(25)28-13-17-8-4-2-5-9-17/h2-11,19H,12-15H2,1H3,(H,22,25)(H,23,26). The molecule has 0 radical (unpaired) electrons. The van der Waals surface area contributed by atoms with E-state index in [1.54, 1.807) is 0 Å². The summed E-state index contributed by atoms with van der Waals surface area (Å²) < 4.78 is 15.2. The van der Waals surface area contributed by atoms with Crippen molar-refractivity contribution in [2.75, 3.05) is 13.2 Å². The van der Waals surface area contributed by atoms with E-state index in [0.717, 1.165) is 11.1 Å². The van der Waals surface area contributed by atoms with Gasteiger partial charge >= 0.3 is 18.2 Å². The zero-order valence-corrected chi connectivity index (χ0v) is 16.1. The molecule has 2 N–H and O–H groups in total. The lowest BCUT2D eigenvalue weighted by molar-refractivity contribution is -0.141. The summed E-state index contributed by atoms with van der Waals surface area (Å²) in [6, 6.07) is 17.7. The van der Waals surface area contributed by atoms with E-state index in [2.05, 4.69) is 10.6 Å². The Morgan fingerprint density at radius 2 is 1.31 bits per heavy atom. The molecule has 2 aromatic rings. The summed E-state index contributed by atoms with van der Waals surface area (Å²) >= 11 is 0. The maximum Gasteiger partial charge on any atom is 0.407 e. The predicted molar refractivity (Wildman–Crippen MR) is 105 cm³/mol. The molecule has 0 aliphatic rings. The lowest BCUT2D eigenvalue weighted by Gasteiger charge is -2.19. The normalized spacial score (nSPS) is 11.1. The molecule has 0 saturated heterocycles. The maximum atomic E-state index is 12.0. The van der Waals surface area contributed by atoms with E-state index in [1.165, 1.54) is 6.92 Å². The van der Waals surface area contributed by atoms with Gasteiger partial charge in [0, 0.05) is 13.5 Å². The quantitative estimate of drug-likeness (QED) is 0.496. The molecule has 8 heteroatoms. The fourth-order valence-corrected chi connectivity index (χ4v) is 2.28. The fourth-order valence-electron chi connectivity index (χ4n) is 2.28. The molecule has 0 spiro atoms. The number of amides is 2. The largest absolute Gasteiger partial charge is 0.464 e. The number of benzene rings is 2. The van der Waals surface area contributed by atoms with Gasteiger partial charge in [0.1, 0.15) is 19.8 Å². The van der Waals surface area contributed by atoms with Crippen LogP contribution in [-0.2, 0) is 32.2 Å². The third-order valence-electron chi connectivity index (χ3n) is 3.73. The van der Waals surface area contributed by atoms with Crippen LogP contribution in [0.25, 0.3) is 0 Å². The molecule has 0 aliphatic heterocycles. The number of carbonyl (C=O) groups excluding carboxylic acids is 3. The molecule has 8 nitrogen and oxygen atoms in total. The first kappa shape index (κ1) is 21.7. The van der Waals surface area contributed by atoms with E-state index >= 15 is 0 Å². The highest BCUT2D eigenvalue weighted by atomic mass is 16.6. The van der Waals surface area contributed by atoms with Gasteiger partial charge in [0.25, 0.3) is 0 Å². The molecule has 0 saturated carbocycles. The number of alkyl carbamates (subject to hydrolysis) is 2. The van der Waals surface area contributed by atoms with Crippen LogP contribution < -0.4 is 10.6 Å². The van der Waals surface area contributed by atoms with Gasteiger partial charge in [0.2, 0.25) is 0 Å². The molecule has 0 bridgehead atoms. The molecule has 29 heavy (non-hydrogen) atoms. The average Bonchev–Trinajstić information content (AvgIpc) is 2.74. The molecule has 1 unspecified atom stereocenters. The van der Waals surface area contributed by atoms with Crippen molar-refractivity contribution in [3.05, 3.63) is 71.8 Å². The van der Waals surface area contributed by atoms with E-state index in [9.17, 15) is 14.4 Å². The van der Waals surface area contributed by atoms with E-state index in [0.29, 0.717) is 0 Å². The molecule has 0 heterocycles. The molecule has 2 rings (SSSR count). The predicted octanol–water partition coefficient (Wildman–Crippen LogP) is 2.77. The molecule has 2 aromatic carbocycles. The Labute approximate surface area is 169 Å². The highest BCUT2D eigenvalue weighted by molar-refractivity contribution is 5.69. The Hall–Kier alpha value is -3.55. The van der Waals surface area contributed by atoms with Crippen LogP contribution in [0.4, 0.5) is 9.59 Å². The minimum Gasteiger partial charge on any atom is -0.464 e. The minimum absolute atomic E-state index is 0.00133. The van der Waals surface area contributed by atoms with E-state index in [4.69, 9.17) is 14.2 Å². The topological polar surface area (TPSA) is 103 Å². The van der Waals surface area contributed by atoms with E-state index < -0.39 is 24.2 Å². The third kappa shape index (κ3) is 9.28. The van der Waals surface area contributed by atoms with Crippen molar-refractivity contribution < 1.29 is 28.6 Å². The first-order chi connectivity index (χ1) is 14.0. The van der Waals surface area contributed by atoms with Crippen LogP contribution in [0.3, 0.4) is 0 Å². The first-order valence-corrected chi connectivity index (χ1v) is 9.08. The lowest BCUT2D eigenvalue weighted by atomic mass is 10.2. The smallest absolute Gasteiger partial charge is 0.407 e. The Bertz CT molecular complexity index is 782. The summed E-state index contributed by atoms with van der Waals surface area (Å²) in [5.74, 6) is -0.499. The lowest BCUT2D eigenvalue weighted by Crippen LogP contribution is -2.46. The van der Waals surface area contributed by atoms with Gasteiger partial charge in [0.05, 0.1) is 6.04 Å². The van der Waals surface area contributed by atoms with Gasteiger partial charge in [-0.15, -0.1) is 0 Å². The average molecular weight is 400 g/mol. The SMILES string of the molecule is CC(=O)OCC(CNC(=O)OCc1ccccc1)NC(=O)OCc1ccccc1. The second kappa shape index (κ2) is 12.0. The molecule has 2 amide bonds. The summed E-state index contributed by atoms with van der Waals surface area (Å²) in [6.45, 7) is 1.36. The first-order valence-electron chi connectivity index (χ1n) is 9.08. The van der Waals surface area contributed by atoms with Crippen molar-refractivity contribution in [2.45, 2.75) is 26.2 Å². The molecule has 0 aliphatic carbocycles.